The van der Waals surface area contributed by atoms with Crippen molar-refractivity contribution in [2.24, 2.45) is 11.8 Å². The molecule has 0 unspecified atom stereocenters. The van der Waals surface area contributed by atoms with Crippen LogP contribution in [0.25, 0.3) is 17.8 Å². The molecule has 0 saturated heterocycles. The van der Waals surface area contributed by atoms with E-state index in [0.29, 0.717) is 17.3 Å². The van der Waals surface area contributed by atoms with Gasteiger partial charge in [0.15, 0.2) is 5.82 Å². The highest BCUT2D eigenvalue weighted by Gasteiger charge is 2.34. The van der Waals surface area contributed by atoms with Crippen molar-refractivity contribution in [1.82, 2.24) is 14.8 Å². The number of rotatable bonds is 8. The molecule has 1 amide bonds. The van der Waals surface area contributed by atoms with Crippen molar-refractivity contribution in [2.45, 2.75) is 66.3 Å². The highest BCUT2D eigenvalue weighted by molar-refractivity contribution is 7.09. The standard InChI is InChI=1S/C29H36N4O3S/c1-6-36-29(35)26-17-32(25-15-10-22(11-16-25)9-14-24-18-37-21(5)30-24)31-27(26)33(19(2)3)28(34)23-12-7-20(4)8-13-23/h9-11,14-20,23H,6-8,12-13H2,1-5H3. The lowest BCUT2D eigenvalue weighted by Crippen LogP contribution is -2.43. The van der Waals surface area contributed by atoms with Crippen LogP contribution in [-0.2, 0) is 9.53 Å². The first-order valence-corrected chi connectivity index (χ1v) is 13.9. The van der Waals surface area contributed by atoms with E-state index in [2.05, 4.69) is 11.9 Å². The molecule has 1 saturated carbocycles. The zero-order valence-electron chi connectivity index (χ0n) is 22.3. The van der Waals surface area contributed by atoms with Crippen LogP contribution in [0.5, 0.6) is 0 Å². The molecule has 0 radical (unpaired) electrons. The van der Waals surface area contributed by atoms with Gasteiger partial charge in [-0.05, 0) is 83.1 Å². The van der Waals surface area contributed by atoms with E-state index in [-0.39, 0.29) is 24.5 Å². The van der Waals surface area contributed by atoms with E-state index < -0.39 is 5.97 Å². The highest BCUT2D eigenvalue weighted by Crippen LogP contribution is 2.33. The number of anilines is 1. The van der Waals surface area contributed by atoms with Gasteiger partial charge in [0.05, 0.1) is 23.0 Å². The SMILES string of the molecule is CCOC(=O)c1cn(-c2ccc(C=Cc3csc(C)n3)cc2)nc1N(C(=O)C1CCC(C)CC1)C(C)C. The maximum atomic E-state index is 13.7. The minimum atomic E-state index is -0.474. The summed E-state index contributed by atoms with van der Waals surface area (Å²) in [6.07, 6.45) is 9.50. The number of amides is 1. The first kappa shape index (κ1) is 26.8. The molecule has 37 heavy (non-hydrogen) atoms. The second kappa shape index (κ2) is 11.9. The molecule has 1 aliphatic rings. The number of hydrogen-bond donors (Lipinski definition) is 0. The summed E-state index contributed by atoms with van der Waals surface area (Å²) in [5, 5.41) is 7.82. The Morgan fingerprint density at radius 3 is 2.46 bits per heavy atom. The lowest BCUT2D eigenvalue weighted by Gasteiger charge is -2.32. The summed E-state index contributed by atoms with van der Waals surface area (Å²) in [6, 6.07) is 7.73. The summed E-state index contributed by atoms with van der Waals surface area (Å²) in [4.78, 5) is 32.7. The number of aryl methyl sites for hydroxylation is 1. The van der Waals surface area contributed by atoms with Crippen molar-refractivity contribution in [1.29, 1.82) is 0 Å². The molecule has 1 aliphatic carbocycles. The van der Waals surface area contributed by atoms with E-state index in [1.165, 1.54) is 0 Å². The molecule has 1 aromatic carbocycles. The topological polar surface area (TPSA) is 77.3 Å². The van der Waals surface area contributed by atoms with Crippen LogP contribution in [0.15, 0.2) is 35.8 Å². The molecular weight excluding hydrogens is 484 g/mol. The monoisotopic (exact) mass is 520 g/mol. The average Bonchev–Trinajstić information content (AvgIpc) is 3.50. The molecule has 196 valence electrons. The summed E-state index contributed by atoms with van der Waals surface area (Å²) >= 11 is 1.62. The molecular formula is C29H36N4O3S. The predicted molar refractivity (Wildman–Crippen MR) is 149 cm³/mol. The minimum absolute atomic E-state index is 0.0375. The third-order valence-electron chi connectivity index (χ3n) is 6.78. The fourth-order valence-corrected chi connectivity index (χ4v) is 5.29. The molecule has 7 nitrogen and oxygen atoms in total. The van der Waals surface area contributed by atoms with Gasteiger partial charge < -0.3 is 4.74 Å². The fraction of sp³-hybridized carbons (Fsp3) is 0.448. The van der Waals surface area contributed by atoms with Crippen LogP contribution in [-0.4, -0.2) is 39.3 Å². The van der Waals surface area contributed by atoms with E-state index in [4.69, 9.17) is 9.84 Å². The van der Waals surface area contributed by atoms with Gasteiger partial charge >= 0.3 is 5.97 Å². The molecule has 8 heteroatoms. The lowest BCUT2D eigenvalue weighted by atomic mass is 9.82. The fourth-order valence-electron chi connectivity index (χ4n) is 4.71. The Labute approximate surface area is 223 Å². The quantitative estimate of drug-likeness (QED) is 0.315. The predicted octanol–water partition coefficient (Wildman–Crippen LogP) is 6.55. The Morgan fingerprint density at radius 2 is 1.86 bits per heavy atom. The van der Waals surface area contributed by atoms with Gasteiger partial charge in [-0.1, -0.05) is 25.1 Å². The van der Waals surface area contributed by atoms with Gasteiger partial charge in [-0.3, -0.25) is 9.69 Å². The summed E-state index contributed by atoms with van der Waals surface area (Å²) in [7, 11) is 0. The van der Waals surface area contributed by atoms with Gasteiger partial charge in [-0.2, -0.15) is 0 Å². The first-order chi connectivity index (χ1) is 17.8. The Bertz CT molecular complexity index is 1250. The summed E-state index contributed by atoms with van der Waals surface area (Å²) < 4.78 is 6.99. The molecule has 0 spiro atoms. The summed E-state index contributed by atoms with van der Waals surface area (Å²) in [5.74, 6) is 0.522. The van der Waals surface area contributed by atoms with Crippen LogP contribution in [0.4, 0.5) is 5.82 Å². The van der Waals surface area contributed by atoms with Crippen molar-refractivity contribution >= 4 is 41.2 Å². The van der Waals surface area contributed by atoms with Crippen molar-refractivity contribution < 1.29 is 14.3 Å². The largest absolute Gasteiger partial charge is 0.462 e. The lowest BCUT2D eigenvalue weighted by molar-refractivity contribution is -0.124. The number of ether oxygens (including phenoxy) is 1. The maximum absolute atomic E-state index is 13.7. The van der Waals surface area contributed by atoms with Crippen LogP contribution >= 0.6 is 11.3 Å². The molecule has 0 N–H and O–H groups in total. The third-order valence-corrected chi connectivity index (χ3v) is 7.57. The van der Waals surface area contributed by atoms with Crippen molar-refractivity contribution in [2.75, 3.05) is 11.5 Å². The Hall–Kier alpha value is -3.26. The molecule has 0 atom stereocenters. The number of hydrogen-bond acceptors (Lipinski definition) is 6. The van der Waals surface area contributed by atoms with E-state index in [9.17, 15) is 9.59 Å². The Kier molecular flexibility index (Phi) is 8.59. The van der Waals surface area contributed by atoms with Crippen molar-refractivity contribution in [3.05, 3.63) is 57.7 Å². The van der Waals surface area contributed by atoms with E-state index in [1.54, 1.807) is 34.0 Å². The Morgan fingerprint density at radius 1 is 1.16 bits per heavy atom. The van der Waals surface area contributed by atoms with Crippen LogP contribution < -0.4 is 4.90 Å². The van der Waals surface area contributed by atoms with Gasteiger partial charge in [-0.15, -0.1) is 16.4 Å². The normalized spacial score (nSPS) is 17.9. The molecule has 4 rings (SSSR count). The highest BCUT2D eigenvalue weighted by atomic mass is 32.1. The van der Waals surface area contributed by atoms with Crippen LogP contribution in [0.2, 0.25) is 0 Å². The van der Waals surface area contributed by atoms with Crippen molar-refractivity contribution in [3.8, 4) is 5.69 Å². The average molecular weight is 521 g/mol. The van der Waals surface area contributed by atoms with Gasteiger partial charge in [0.2, 0.25) is 5.91 Å². The number of nitrogens with zero attached hydrogens (tertiary/aromatic N) is 4. The van der Waals surface area contributed by atoms with E-state index >= 15 is 0 Å². The first-order valence-electron chi connectivity index (χ1n) is 13.1. The molecule has 3 aromatic rings. The Balaban J connectivity index is 1.64. The minimum Gasteiger partial charge on any atom is -0.462 e. The molecule has 1 fully saturated rings. The molecule has 0 bridgehead atoms. The number of benzene rings is 1. The van der Waals surface area contributed by atoms with E-state index in [0.717, 1.165) is 47.6 Å². The maximum Gasteiger partial charge on any atom is 0.343 e. The number of carbonyl (C=O) groups excluding carboxylic acids is 2. The van der Waals surface area contributed by atoms with Crippen LogP contribution in [0.1, 0.15) is 80.0 Å². The molecule has 2 heterocycles. The second-order valence-electron chi connectivity index (χ2n) is 10.0. The van der Waals surface area contributed by atoms with Gasteiger partial charge in [0, 0.05) is 23.5 Å². The van der Waals surface area contributed by atoms with Gasteiger partial charge in [-0.25, -0.2) is 14.5 Å². The van der Waals surface area contributed by atoms with Crippen LogP contribution in [0.3, 0.4) is 0 Å². The number of aromatic nitrogens is 3. The van der Waals surface area contributed by atoms with E-state index in [1.807, 2.05) is 62.6 Å². The zero-order chi connectivity index (χ0) is 26.5. The van der Waals surface area contributed by atoms with Gasteiger partial charge in [0.25, 0.3) is 0 Å². The number of carbonyl (C=O) groups is 2. The zero-order valence-corrected chi connectivity index (χ0v) is 23.1. The molecule has 2 aromatic heterocycles. The number of esters is 1. The summed E-state index contributed by atoms with van der Waals surface area (Å²) in [6.45, 7) is 10.2. The second-order valence-corrected chi connectivity index (χ2v) is 11.1. The third kappa shape index (κ3) is 6.36. The van der Waals surface area contributed by atoms with Crippen LogP contribution in [0, 0.1) is 18.8 Å². The smallest absolute Gasteiger partial charge is 0.343 e. The van der Waals surface area contributed by atoms with Gasteiger partial charge in [0.1, 0.15) is 5.56 Å². The summed E-state index contributed by atoms with van der Waals surface area (Å²) in [5.41, 5.74) is 3.06. The van der Waals surface area contributed by atoms with Crippen molar-refractivity contribution in [3.63, 3.8) is 0 Å². The molecule has 0 aliphatic heterocycles. The number of thiazole rings is 1.